The number of nitrogens with zero attached hydrogens (tertiary/aromatic N) is 3. The van der Waals surface area contributed by atoms with Gasteiger partial charge in [-0.25, -0.2) is 9.98 Å². The first-order chi connectivity index (χ1) is 15.2. The molecule has 162 valence electrons. The van der Waals surface area contributed by atoms with Crippen molar-refractivity contribution in [3.8, 4) is 11.4 Å². The van der Waals surface area contributed by atoms with Crippen molar-refractivity contribution in [3.05, 3.63) is 58.9 Å². The number of hydrogen-bond donors (Lipinski definition) is 4. The molecule has 0 spiro atoms. The van der Waals surface area contributed by atoms with E-state index in [1.807, 2.05) is 18.3 Å². The first-order valence-corrected chi connectivity index (χ1v) is 10.7. The van der Waals surface area contributed by atoms with Crippen molar-refractivity contribution in [2.24, 2.45) is 10.9 Å². The first-order valence-electron chi connectivity index (χ1n) is 10.7. The number of allylic oxidation sites excluding steroid dienone is 1. The van der Waals surface area contributed by atoms with Gasteiger partial charge in [-0.15, -0.1) is 0 Å². The van der Waals surface area contributed by atoms with Crippen LogP contribution >= 0.6 is 0 Å². The van der Waals surface area contributed by atoms with Gasteiger partial charge in [-0.05, 0) is 50.3 Å². The minimum atomic E-state index is -0.125. The predicted molar refractivity (Wildman–Crippen MR) is 119 cm³/mol. The lowest BCUT2D eigenvalue weighted by Crippen LogP contribution is -2.48. The van der Waals surface area contributed by atoms with E-state index in [2.05, 4.69) is 26.5 Å². The average molecular weight is 422 g/mol. The molecule has 2 atom stereocenters. The number of methoxy groups -OCH3 is 1. The van der Waals surface area contributed by atoms with Crippen LogP contribution in [-0.4, -0.2) is 34.7 Å². The van der Waals surface area contributed by atoms with Crippen LogP contribution in [0.4, 0.5) is 5.82 Å². The van der Waals surface area contributed by atoms with E-state index in [0.717, 1.165) is 31.0 Å². The number of hydrazine groups is 1. The van der Waals surface area contributed by atoms with Crippen molar-refractivity contribution < 1.29 is 4.74 Å². The molecule has 3 heterocycles. The fourth-order valence-corrected chi connectivity index (χ4v) is 4.04. The van der Waals surface area contributed by atoms with Crippen LogP contribution in [0, 0.1) is 5.92 Å². The molecule has 2 aromatic rings. The van der Waals surface area contributed by atoms with Crippen molar-refractivity contribution >= 4 is 11.8 Å². The second-order valence-electron chi connectivity index (χ2n) is 8.23. The smallest absolute Gasteiger partial charge is 0.255 e. The van der Waals surface area contributed by atoms with Gasteiger partial charge in [0.2, 0.25) is 5.96 Å². The first kappa shape index (κ1) is 19.5. The third-order valence-corrected chi connectivity index (χ3v) is 5.92. The molecule has 2 aliphatic carbocycles. The van der Waals surface area contributed by atoms with Crippen LogP contribution in [0.1, 0.15) is 32.1 Å². The monoisotopic (exact) mass is 421 g/mol. The van der Waals surface area contributed by atoms with Gasteiger partial charge in [-0.3, -0.25) is 14.8 Å². The summed E-state index contributed by atoms with van der Waals surface area (Å²) in [5, 5.41) is 6.75. The van der Waals surface area contributed by atoms with Crippen LogP contribution in [0.15, 0.2) is 58.3 Å². The quantitative estimate of drug-likeness (QED) is 0.565. The van der Waals surface area contributed by atoms with E-state index in [1.54, 1.807) is 25.6 Å². The Hall–Kier alpha value is -3.49. The lowest BCUT2D eigenvalue weighted by Gasteiger charge is -2.21. The largest absolute Gasteiger partial charge is 0.495 e. The SMILES string of the molecule is COc1ccc(=O)n(-c2ccc(N[C@H]3CC[C@H](N=C4NC=C(C5CC5)NN4)C3)nc2)c1. The molecule has 0 bridgehead atoms. The summed E-state index contributed by atoms with van der Waals surface area (Å²) in [6.07, 6.45) is 10.9. The van der Waals surface area contributed by atoms with Gasteiger partial charge in [0.05, 0.1) is 36.9 Å². The Morgan fingerprint density at radius 2 is 2.06 bits per heavy atom. The lowest BCUT2D eigenvalue weighted by molar-refractivity contribution is 0.411. The third kappa shape index (κ3) is 4.50. The molecule has 9 heteroatoms. The topological polar surface area (TPSA) is 105 Å². The molecular formula is C22H27N7O2. The minimum absolute atomic E-state index is 0.125. The van der Waals surface area contributed by atoms with Crippen LogP contribution in [-0.2, 0) is 0 Å². The normalized spacial score (nSPS) is 24.0. The molecule has 0 saturated heterocycles. The summed E-state index contributed by atoms with van der Waals surface area (Å²) in [5.41, 5.74) is 8.21. The Morgan fingerprint density at radius 1 is 1.16 bits per heavy atom. The zero-order chi connectivity index (χ0) is 21.2. The van der Waals surface area contributed by atoms with E-state index in [-0.39, 0.29) is 11.6 Å². The molecule has 0 amide bonds. The van der Waals surface area contributed by atoms with Crippen molar-refractivity contribution in [1.29, 1.82) is 0 Å². The summed E-state index contributed by atoms with van der Waals surface area (Å²) >= 11 is 0. The summed E-state index contributed by atoms with van der Waals surface area (Å²) in [5.74, 6) is 2.87. The summed E-state index contributed by atoms with van der Waals surface area (Å²) in [6.45, 7) is 0. The van der Waals surface area contributed by atoms with E-state index in [4.69, 9.17) is 9.73 Å². The van der Waals surface area contributed by atoms with Gasteiger partial charge in [-0.1, -0.05) is 0 Å². The molecule has 4 N–H and O–H groups in total. The van der Waals surface area contributed by atoms with Gasteiger partial charge in [-0.2, -0.15) is 0 Å². The standard InChI is InChI=1S/C22H27N7O2/c1-31-18-7-9-21(30)29(13-18)17-6-8-20(23-11-17)25-15-4-5-16(10-15)26-22-24-12-19(27-28-22)14-2-3-14/h6-9,11-16,27H,2-5,10H2,1H3,(H,23,25)(H2,24,26,28)/t15-,16-/m0/s1. The van der Waals surface area contributed by atoms with E-state index in [9.17, 15) is 4.79 Å². The number of guanidine groups is 1. The maximum absolute atomic E-state index is 12.1. The average Bonchev–Trinajstić information content (AvgIpc) is 3.56. The Balaban J connectivity index is 1.18. The van der Waals surface area contributed by atoms with Crippen LogP contribution in [0.25, 0.3) is 5.69 Å². The number of anilines is 1. The summed E-state index contributed by atoms with van der Waals surface area (Å²) < 4.78 is 6.73. The Morgan fingerprint density at radius 3 is 2.77 bits per heavy atom. The molecule has 0 unspecified atom stereocenters. The molecule has 0 radical (unpaired) electrons. The summed E-state index contributed by atoms with van der Waals surface area (Å²) in [7, 11) is 1.58. The van der Waals surface area contributed by atoms with Gasteiger partial charge in [0, 0.05) is 24.2 Å². The lowest BCUT2D eigenvalue weighted by atomic mass is 10.2. The number of hydrogen-bond acceptors (Lipinski definition) is 6. The number of rotatable bonds is 6. The van der Waals surface area contributed by atoms with Crippen LogP contribution in [0.5, 0.6) is 5.75 Å². The molecule has 2 fully saturated rings. The third-order valence-electron chi connectivity index (χ3n) is 5.92. The Bertz CT molecular complexity index is 1060. The maximum Gasteiger partial charge on any atom is 0.255 e. The van der Waals surface area contributed by atoms with Crippen molar-refractivity contribution in [3.63, 3.8) is 0 Å². The second kappa shape index (κ2) is 8.33. The summed E-state index contributed by atoms with van der Waals surface area (Å²) in [6, 6.07) is 7.51. The van der Waals surface area contributed by atoms with Gasteiger partial charge < -0.3 is 20.8 Å². The second-order valence-corrected chi connectivity index (χ2v) is 8.23. The molecule has 1 aliphatic heterocycles. The fraction of sp³-hybridized carbons (Fsp3) is 0.409. The highest BCUT2D eigenvalue weighted by Crippen LogP contribution is 2.34. The van der Waals surface area contributed by atoms with Crippen molar-refractivity contribution in [1.82, 2.24) is 25.7 Å². The molecule has 3 aliphatic rings. The highest BCUT2D eigenvalue weighted by Gasteiger charge is 2.29. The van der Waals surface area contributed by atoms with Gasteiger partial charge in [0.15, 0.2) is 0 Å². The van der Waals surface area contributed by atoms with Crippen LogP contribution in [0.3, 0.4) is 0 Å². The molecule has 2 saturated carbocycles. The van der Waals surface area contributed by atoms with E-state index in [0.29, 0.717) is 23.4 Å². The van der Waals surface area contributed by atoms with Crippen LogP contribution in [0.2, 0.25) is 0 Å². The molecule has 9 nitrogen and oxygen atoms in total. The van der Waals surface area contributed by atoms with E-state index >= 15 is 0 Å². The van der Waals surface area contributed by atoms with Gasteiger partial charge >= 0.3 is 0 Å². The highest BCUT2D eigenvalue weighted by molar-refractivity contribution is 5.81. The Labute approximate surface area is 180 Å². The molecule has 0 aromatic carbocycles. The van der Waals surface area contributed by atoms with Gasteiger partial charge in [0.1, 0.15) is 11.6 Å². The molecule has 31 heavy (non-hydrogen) atoms. The predicted octanol–water partition coefficient (Wildman–Crippen LogP) is 1.88. The molecule has 2 aromatic heterocycles. The number of aromatic nitrogens is 2. The van der Waals surface area contributed by atoms with Gasteiger partial charge in [0.25, 0.3) is 5.56 Å². The maximum atomic E-state index is 12.1. The minimum Gasteiger partial charge on any atom is -0.495 e. The van der Waals surface area contributed by atoms with E-state index < -0.39 is 0 Å². The summed E-state index contributed by atoms with van der Waals surface area (Å²) in [4.78, 5) is 21.4. The van der Waals surface area contributed by atoms with E-state index in [1.165, 1.54) is 29.2 Å². The number of pyridine rings is 2. The van der Waals surface area contributed by atoms with Crippen LogP contribution < -0.4 is 31.8 Å². The zero-order valence-corrected chi connectivity index (χ0v) is 17.5. The fourth-order valence-electron chi connectivity index (χ4n) is 4.04. The van der Waals surface area contributed by atoms with Crippen molar-refractivity contribution in [2.75, 3.05) is 12.4 Å². The molecular weight excluding hydrogens is 394 g/mol. The molecule has 5 rings (SSSR count). The number of nitrogens with one attached hydrogen (secondary N) is 4. The number of ether oxygens (including phenoxy) is 1. The zero-order valence-electron chi connectivity index (χ0n) is 17.5. The Kier molecular flexibility index (Phi) is 5.23. The highest BCUT2D eigenvalue weighted by atomic mass is 16.5. The number of aliphatic imine (C=N–C) groups is 1. The van der Waals surface area contributed by atoms with Crippen molar-refractivity contribution in [2.45, 2.75) is 44.2 Å².